The molecule has 1 aliphatic carbocycles. The summed E-state index contributed by atoms with van der Waals surface area (Å²) in [6, 6.07) is 0.547. The van der Waals surface area contributed by atoms with Gasteiger partial charge < -0.3 is 10.6 Å². The van der Waals surface area contributed by atoms with Crippen LogP contribution in [0.5, 0.6) is 0 Å². The molecule has 0 aromatic rings. The molecular weight excluding hydrogens is 212 g/mol. The predicted octanol–water partition coefficient (Wildman–Crippen LogP) is 2.54. The molecule has 1 saturated carbocycles. The van der Waals surface area contributed by atoms with Crippen LogP contribution in [0.4, 0.5) is 0 Å². The maximum absolute atomic E-state index is 12.3. The molecular formula is C14H28N2O. The lowest BCUT2D eigenvalue weighted by molar-refractivity contribution is -0.134. The average Bonchev–Trinajstić information content (AvgIpc) is 2.28. The van der Waals surface area contributed by atoms with Crippen LogP contribution in [0.3, 0.4) is 0 Å². The van der Waals surface area contributed by atoms with Crippen LogP contribution in [0.25, 0.3) is 0 Å². The summed E-state index contributed by atoms with van der Waals surface area (Å²) in [5.41, 5.74) is 6.11. The molecule has 0 heterocycles. The normalized spacial score (nSPS) is 25.0. The van der Waals surface area contributed by atoms with Crippen LogP contribution in [0, 0.1) is 5.92 Å². The monoisotopic (exact) mass is 240 g/mol. The van der Waals surface area contributed by atoms with Crippen LogP contribution in [0.15, 0.2) is 0 Å². The molecule has 17 heavy (non-hydrogen) atoms. The van der Waals surface area contributed by atoms with Gasteiger partial charge in [0.25, 0.3) is 0 Å². The molecule has 3 heteroatoms. The van der Waals surface area contributed by atoms with E-state index in [1.807, 2.05) is 4.90 Å². The summed E-state index contributed by atoms with van der Waals surface area (Å²) in [4.78, 5) is 14.3. The molecule has 0 spiro atoms. The second-order valence-corrected chi connectivity index (χ2v) is 5.59. The zero-order valence-corrected chi connectivity index (χ0v) is 11.6. The van der Waals surface area contributed by atoms with Gasteiger partial charge in [0.05, 0.1) is 0 Å². The molecule has 1 fully saturated rings. The minimum Gasteiger partial charge on any atom is -0.340 e. The fraction of sp³-hybridized carbons (Fsp3) is 0.929. The quantitative estimate of drug-likeness (QED) is 0.802. The van der Waals surface area contributed by atoms with Crippen LogP contribution < -0.4 is 5.73 Å². The number of carbonyl (C=O) groups excluding carboxylic acids is 1. The van der Waals surface area contributed by atoms with E-state index in [-0.39, 0.29) is 6.04 Å². The zero-order valence-electron chi connectivity index (χ0n) is 11.6. The van der Waals surface area contributed by atoms with Crippen molar-refractivity contribution in [1.29, 1.82) is 0 Å². The number of rotatable bonds is 5. The largest absolute Gasteiger partial charge is 0.340 e. The van der Waals surface area contributed by atoms with Crippen LogP contribution >= 0.6 is 0 Å². The molecule has 0 radical (unpaired) electrons. The molecule has 3 nitrogen and oxygen atoms in total. The summed E-state index contributed by atoms with van der Waals surface area (Å²) in [5, 5.41) is 0. The Morgan fingerprint density at radius 3 is 2.53 bits per heavy atom. The van der Waals surface area contributed by atoms with Crippen LogP contribution in [0.2, 0.25) is 0 Å². The number of nitrogens with two attached hydrogens (primary N) is 1. The van der Waals surface area contributed by atoms with E-state index in [1.165, 1.54) is 12.8 Å². The first-order chi connectivity index (χ1) is 8.06. The standard InChI is InChI=1S/C14H28N2O/c1-4-9-16(11(2)3)14(17)10-12-7-5-6-8-13(12)15/h11-13H,4-10,15H2,1-3H3. The van der Waals surface area contributed by atoms with Crippen molar-refractivity contribution in [1.82, 2.24) is 4.90 Å². The smallest absolute Gasteiger partial charge is 0.223 e. The molecule has 2 unspecified atom stereocenters. The molecule has 1 rings (SSSR count). The molecule has 0 saturated heterocycles. The highest BCUT2D eigenvalue weighted by Gasteiger charge is 2.26. The Kier molecular flexibility index (Phi) is 5.96. The first-order valence-corrected chi connectivity index (χ1v) is 7.11. The van der Waals surface area contributed by atoms with Crippen LogP contribution in [-0.4, -0.2) is 29.4 Å². The van der Waals surface area contributed by atoms with Crippen molar-refractivity contribution in [3.63, 3.8) is 0 Å². The first-order valence-electron chi connectivity index (χ1n) is 7.11. The molecule has 0 bridgehead atoms. The molecule has 100 valence electrons. The van der Waals surface area contributed by atoms with Crippen molar-refractivity contribution in [2.24, 2.45) is 11.7 Å². The average molecular weight is 240 g/mol. The van der Waals surface area contributed by atoms with Gasteiger partial charge in [-0.2, -0.15) is 0 Å². The summed E-state index contributed by atoms with van der Waals surface area (Å²) >= 11 is 0. The van der Waals surface area contributed by atoms with Crippen molar-refractivity contribution in [3.8, 4) is 0 Å². The number of nitrogens with zero attached hydrogens (tertiary/aromatic N) is 1. The summed E-state index contributed by atoms with van der Waals surface area (Å²) in [6.07, 6.45) is 6.37. The van der Waals surface area contributed by atoms with Gasteiger partial charge in [0.1, 0.15) is 0 Å². The van der Waals surface area contributed by atoms with Gasteiger partial charge in [-0.05, 0) is 39.0 Å². The van der Waals surface area contributed by atoms with E-state index in [4.69, 9.17) is 5.73 Å². The summed E-state index contributed by atoms with van der Waals surface area (Å²) < 4.78 is 0. The van der Waals surface area contributed by atoms with E-state index in [9.17, 15) is 4.79 Å². The summed E-state index contributed by atoms with van der Waals surface area (Å²) in [7, 11) is 0. The molecule has 0 aromatic heterocycles. The topological polar surface area (TPSA) is 46.3 Å². The van der Waals surface area contributed by atoms with E-state index in [2.05, 4.69) is 20.8 Å². The molecule has 0 aromatic carbocycles. The lowest BCUT2D eigenvalue weighted by Crippen LogP contribution is -2.42. The molecule has 2 atom stereocenters. The number of carbonyl (C=O) groups is 1. The third kappa shape index (κ3) is 4.30. The molecule has 1 amide bonds. The predicted molar refractivity (Wildman–Crippen MR) is 71.7 cm³/mol. The van der Waals surface area contributed by atoms with Gasteiger partial charge in [-0.1, -0.05) is 19.8 Å². The van der Waals surface area contributed by atoms with Gasteiger partial charge in [-0.25, -0.2) is 0 Å². The van der Waals surface area contributed by atoms with Crippen molar-refractivity contribution in [2.45, 2.75) is 71.4 Å². The minimum absolute atomic E-state index is 0.239. The van der Waals surface area contributed by atoms with Crippen molar-refractivity contribution in [2.75, 3.05) is 6.54 Å². The maximum Gasteiger partial charge on any atom is 0.223 e. The van der Waals surface area contributed by atoms with Crippen molar-refractivity contribution in [3.05, 3.63) is 0 Å². The SMILES string of the molecule is CCCN(C(=O)CC1CCCCC1N)C(C)C. The van der Waals surface area contributed by atoms with Gasteiger partial charge in [-0.15, -0.1) is 0 Å². The highest BCUT2D eigenvalue weighted by atomic mass is 16.2. The molecule has 2 N–H and O–H groups in total. The van der Waals surface area contributed by atoms with Gasteiger partial charge >= 0.3 is 0 Å². The Balaban J connectivity index is 2.50. The van der Waals surface area contributed by atoms with E-state index >= 15 is 0 Å². The molecule has 0 aliphatic heterocycles. The second kappa shape index (κ2) is 7.00. The highest BCUT2D eigenvalue weighted by Crippen LogP contribution is 2.26. The first kappa shape index (κ1) is 14.5. The lowest BCUT2D eigenvalue weighted by Gasteiger charge is -2.32. The third-order valence-electron chi connectivity index (χ3n) is 3.81. The molecule has 1 aliphatic rings. The van der Waals surface area contributed by atoms with E-state index < -0.39 is 0 Å². The number of hydrogen-bond donors (Lipinski definition) is 1. The summed E-state index contributed by atoms with van der Waals surface area (Å²) in [5.74, 6) is 0.707. The van der Waals surface area contributed by atoms with Crippen LogP contribution in [-0.2, 0) is 4.79 Å². The van der Waals surface area contributed by atoms with Gasteiger partial charge in [0.15, 0.2) is 0 Å². The Hall–Kier alpha value is -0.570. The maximum atomic E-state index is 12.3. The van der Waals surface area contributed by atoms with Gasteiger partial charge in [0.2, 0.25) is 5.91 Å². The lowest BCUT2D eigenvalue weighted by atomic mass is 9.82. The van der Waals surface area contributed by atoms with Gasteiger partial charge in [-0.3, -0.25) is 4.79 Å². The van der Waals surface area contributed by atoms with Crippen LogP contribution in [0.1, 0.15) is 59.3 Å². The third-order valence-corrected chi connectivity index (χ3v) is 3.81. The van der Waals surface area contributed by atoms with E-state index in [0.29, 0.717) is 24.3 Å². The zero-order chi connectivity index (χ0) is 12.8. The Morgan fingerprint density at radius 2 is 2.00 bits per heavy atom. The Labute approximate surface area is 106 Å². The summed E-state index contributed by atoms with van der Waals surface area (Å²) in [6.45, 7) is 7.18. The highest BCUT2D eigenvalue weighted by molar-refractivity contribution is 5.76. The van der Waals surface area contributed by atoms with Crippen molar-refractivity contribution >= 4 is 5.91 Å². The Morgan fingerprint density at radius 1 is 1.35 bits per heavy atom. The minimum atomic E-state index is 0.239. The van der Waals surface area contributed by atoms with E-state index in [0.717, 1.165) is 25.8 Å². The number of hydrogen-bond acceptors (Lipinski definition) is 2. The fourth-order valence-electron chi connectivity index (χ4n) is 2.74. The fourth-order valence-corrected chi connectivity index (χ4v) is 2.74. The van der Waals surface area contributed by atoms with Gasteiger partial charge in [0, 0.05) is 25.0 Å². The second-order valence-electron chi connectivity index (χ2n) is 5.59. The van der Waals surface area contributed by atoms with E-state index in [1.54, 1.807) is 0 Å². The van der Waals surface area contributed by atoms with Crippen molar-refractivity contribution < 1.29 is 4.79 Å². The Bertz CT molecular complexity index is 240. The number of amides is 1.